The fraction of sp³-hybridized carbons (Fsp3) is 0.211. The van der Waals surface area contributed by atoms with Crippen LogP contribution in [0.1, 0.15) is 35.3 Å². The van der Waals surface area contributed by atoms with Gasteiger partial charge in [0.25, 0.3) is 0 Å². The fourth-order valence-electron chi connectivity index (χ4n) is 3.32. The molecule has 26 heavy (non-hydrogen) atoms. The molecular formula is C19H17N5O2. The zero-order chi connectivity index (χ0) is 17.7. The summed E-state index contributed by atoms with van der Waals surface area (Å²) in [6, 6.07) is 11.7. The molecule has 0 saturated heterocycles. The van der Waals surface area contributed by atoms with Crippen LogP contribution in [0.4, 0.5) is 5.69 Å². The van der Waals surface area contributed by atoms with Crippen LogP contribution in [0.5, 0.6) is 11.5 Å². The van der Waals surface area contributed by atoms with Crippen molar-refractivity contribution in [3.05, 3.63) is 64.7 Å². The molecule has 0 saturated carbocycles. The highest BCUT2D eigenvalue weighted by molar-refractivity contribution is 6.14. The number of hydrogen-bond donors (Lipinski definition) is 1. The second-order valence-corrected chi connectivity index (χ2v) is 6.31. The van der Waals surface area contributed by atoms with E-state index in [1.54, 1.807) is 0 Å². The Morgan fingerprint density at radius 2 is 1.85 bits per heavy atom. The standard InChI is InChI=1S/C19H17N5O2/c1-2-17-21-22-18-8-12-7-15-16(26-10-25-15)9-14(12)19(23-24(17)18)11-3-5-13(20)6-4-11/h3-7,9H,2,8,10,20H2,1H3. The van der Waals surface area contributed by atoms with E-state index in [1.165, 1.54) is 0 Å². The first kappa shape index (κ1) is 14.9. The number of nitrogens with two attached hydrogens (primary N) is 1. The van der Waals surface area contributed by atoms with Crippen molar-refractivity contribution in [2.24, 2.45) is 5.10 Å². The third kappa shape index (κ3) is 2.24. The molecular weight excluding hydrogens is 330 g/mol. The van der Waals surface area contributed by atoms with Crippen molar-refractivity contribution in [3.63, 3.8) is 0 Å². The SMILES string of the molecule is CCc1nnc2n1N=C(c1ccc(N)cc1)c1cc3c(cc1C2)OCO3. The number of hydrogen-bond acceptors (Lipinski definition) is 6. The van der Waals surface area contributed by atoms with Crippen molar-refractivity contribution >= 4 is 11.4 Å². The zero-order valence-electron chi connectivity index (χ0n) is 14.3. The summed E-state index contributed by atoms with van der Waals surface area (Å²) >= 11 is 0. The van der Waals surface area contributed by atoms with Crippen LogP contribution in [-0.4, -0.2) is 27.4 Å². The van der Waals surface area contributed by atoms with Crippen LogP contribution in [0.3, 0.4) is 0 Å². The van der Waals surface area contributed by atoms with Crippen molar-refractivity contribution in [3.8, 4) is 11.5 Å². The summed E-state index contributed by atoms with van der Waals surface area (Å²) in [5.74, 6) is 3.14. The van der Waals surface area contributed by atoms with E-state index in [0.29, 0.717) is 12.1 Å². The van der Waals surface area contributed by atoms with Crippen LogP contribution in [0.2, 0.25) is 0 Å². The second kappa shape index (κ2) is 5.59. The van der Waals surface area contributed by atoms with Crippen LogP contribution in [-0.2, 0) is 12.8 Å². The summed E-state index contributed by atoms with van der Waals surface area (Å²) in [7, 11) is 0. The topological polar surface area (TPSA) is 87.6 Å². The molecule has 0 amide bonds. The molecule has 130 valence electrons. The minimum atomic E-state index is 0.239. The van der Waals surface area contributed by atoms with E-state index in [2.05, 4.69) is 10.2 Å². The average molecular weight is 347 g/mol. The maximum Gasteiger partial charge on any atom is 0.231 e. The summed E-state index contributed by atoms with van der Waals surface area (Å²) in [5.41, 5.74) is 10.5. The fourth-order valence-corrected chi connectivity index (χ4v) is 3.32. The minimum Gasteiger partial charge on any atom is -0.454 e. The Labute approximate surface area is 150 Å². The molecule has 7 heteroatoms. The van der Waals surface area contributed by atoms with Crippen molar-refractivity contribution in [1.29, 1.82) is 0 Å². The molecule has 0 radical (unpaired) electrons. The monoisotopic (exact) mass is 347 g/mol. The van der Waals surface area contributed by atoms with Gasteiger partial charge < -0.3 is 15.2 Å². The van der Waals surface area contributed by atoms with E-state index in [4.69, 9.17) is 20.3 Å². The van der Waals surface area contributed by atoms with Crippen molar-refractivity contribution < 1.29 is 9.47 Å². The van der Waals surface area contributed by atoms with E-state index < -0.39 is 0 Å². The first-order valence-corrected chi connectivity index (χ1v) is 8.54. The Morgan fingerprint density at radius 3 is 2.62 bits per heavy atom. The molecule has 2 N–H and O–H groups in total. The van der Waals surface area contributed by atoms with Gasteiger partial charge in [-0.2, -0.15) is 5.10 Å². The lowest BCUT2D eigenvalue weighted by atomic mass is 9.95. The highest BCUT2D eigenvalue weighted by atomic mass is 16.7. The Hall–Kier alpha value is -3.35. The van der Waals surface area contributed by atoms with Gasteiger partial charge in [0, 0.05) is 29.7 Å². The molecule has 1 aromatic heterocycles. The highest BCUT2D eigenvalue weighted by Crippen LogP contribution is 2.37. The maximum absolute atomic E-state index is 5.86. The molecule has 0 spiro atoms. The Kier molecular flexibility index (Phi) is 3.21. The third-order valence-corrected chi connectivity index (χ3v) is 4.67. The predicted molar refractivity (Wildman–Crippen MR) is 96.7 cm³/mol. The summed E-state index contributed by atoms with van der Waals surface area (Å²) in [6.07, 6.45) is 1.38. The number of benzene rings is 2. The average Bonchev–Trinajstić information content (AvgIpc) is 3.23. The minimum absolute atomic E-state index is 0.239. The molecule has 3 aromatic rings. The number of anilines is 1. The Morgan fingerprint density at radius 1 is 1.08 bits per heavy atom. The molecule has 2 aliphatic heterocycles. The molecule has 5 rings (SSSR count). The number of rotatable bonds is 2. The first-order valence-electron chi connectivity index (χ1n) is 8.54. The van der Waals surface area contributed by atoms with Crippen LogP contribution in [0, 0.1) is 0 Å². The van der Waals surface area contributed by atoms with Gasteiger partial charge in [-0.25, -0.2) is 4.68 Å². The molecule has 0 fully saturated rings. The van der Waals surface area contributed by atoms with E-state index in [-0.39, 0.29) is 6.79 Å². The van der Waals surface area contributed by atoms with Crippen LogP contribution in [0.25, 0.3) is 0 Å². The third-order valence-electron chi connectivity index (χ3n) is 4.67. The van der Waals surface area contributed by atoms with Gasteiger partial charge in [-0.3, -0.25) is 0 Å². The maximum atomic E-state index is 5.86. The van der Waals surface area contributed by atoms with Gasteiger partial charge in [-0.15, -0.1) is 10.2 Å². The Balaban J connectivity index is 1.77. The normalized spacial score (nSPS) is 14.4. The quantitative estimate of drug-likeness (QED) is 0.563. The molecule has 2 aliphatic rings. The molecule has 0 aliphatic carbocycles. The lowest BCUT2D eigenvalue weighted by Crippen LogP contribution is -2.08. The highest BCUT2D eigenvalue weighted by Gasteiger charge is 2.25. The van der Waals surface area contributed by atoms with Gasteiger partial charge in [-0.05, 0) is 29.8 Å². The summed E-state index contributed by atoms with van der Waals surface area (Å²) in [6.45, 7) is 2.28. The number of nitrogen functional groups attached to an aromatic ring is 1. The lowest BCUT2D eigenvalue weighted by molar-refractivity contribution is 0.174. The summed E-state index contributed by atoms with van der Waals surface area (Å²) < 4.78 is 13.0. The molecule has 0 unspecified atom stereocenters. The number of ether oxygens (including phenoxy) is 2. The molecule has 3 heterocycles. The van der Waals surface area contributed by atoms with Crippen molar-refractivity contribution in [2.45, 2.75) is 19.8 Å². The van der Waals surface area contributed by atoms with Gasteiger partial charge >= 0.3 is 0 Å². The smallest absolute Gasteiger partial charge is 0.231 e. The van der Waals surface area contributed by atoms with Crippen LogP contribution in [0.15, 0.2) is 41.5 Å². The molecule has 0 bridgehead atoms. The second-order valence-electron chi connectivity index (χ2n) is 6.31. The van der Waals surface area contributed by atoms with E-state index in [0.717, 1.165) is 52.0 Å². The number of fused-ring (bicyclic) bond motifs is 3. The van der Waals surface area contributed by atoms with E-state index in [9.17, 15) is 0 Å². The van der Waals surface area contributed by atoms with Gasteiger partial charge in [0.05, 0.1) is 5.71 Å². The Bertz CT molecular complexity index is 1040. The van der Waals surface area contributed by atoms with Gasteiger partial charge in [-0.1, -0.05) is 19.1 Å². The summed E-state index contributed by atoms with van der Waals surface area (Å²) in [4.78, 5) is 0. The van der Waals surface area contributed by atoms with Crippen LogP contribution >= 0.6 is 0 Å². The van der Waals surface area contributed by atoms with Crippen LogP contribution < -0.4 is 15.2 Å². The predicted octanol–water partition coefficient (Wildman–Crippen LogP) is 2.36. The van der Waals surface area contributed by atoms with Gasteiger partial charge in [0.1, 0.15) is 0 Å². The van der Waals surface area contributed by atoms with E-state index in [1.807, 2.05) is 48.0 Å². The van der Waals surface area contributed by atoms with Crippen molar-refractivity contribution in [2.75, 3.05) is 12.5 Å². The van der Waals surface area contributed by atoms with Crippen molar-refractivity contribution in [1.82, 2.24) is 14.9 Å². The first-order chi connectivity index (χ1) is 12.7. The van der Waals surface area contributed by atoms with E-state index >= 15 is 0 Å². The van der Waals surface area contributed by atoms with Gasteiger partial charge in [0.15, 0.2) is 23.1 Å². The number of nitrogens with zero attached hydrogens (tertiary/aromatic N) is 4. The molecule has 7 nitrogen and oxygen atoms in total. The number of aromatic nitrogens is 3. The van der Waals surface area contributed by atoms with Gasteiger partial charge in [0.2, 0.25) is 6.79 Å². The molecule has 0 atom stereocenters. The lowest BCUT2D eigenvalue weighted by Gasteiger charge is -2.11. The molecule has 2 aromatic carbocycles. The zero-order valence-corrected chi connectivity index (χ0v) is 14.3. The largest absolute Gasteiger partial charge is 0.454 e. The summed E-state index contributed by atoms with van der Waals surface area (Å²) in [5, 5.41) is 13.5. The number of aryl methyl sites for hydroxylation is 1.